The average Bonchev–Trinajstić information content (AvgIpc) is 2.77. The molecule has 2 rings (SSSR count). The molecule has 0 aromatic carbocycles. The maximum absolute atomic E-state index is 9.89. The Hall–Kier alpha value is -1.69. The number of hydrogen-bond donors (Lipinski definition) is 2. The predicted molar refractivity (Wildman–Crippen MR) is 48.4 cm³/mol. The van der Waals surface area contributed by atoms with Gasteiger partial charge in [-0.05, 0) is 6.92 Å². The van der Waals surface area contributed by atoms with Crippen LogP contribution in [-0.2, 0) is 7.05 Å². The summed E-state index contributed by atoms with van der Waals surface area (Å²) in [5.74, 6) is 0.850. The largest absolute Gasteiger partial charge is 0.380 e. The van der Waals surface area contributed by atoms with E-state index in [0.717, 1.165) is 5.82 Å². The van der Waals surface area contributed by atoms with E-state index in [1.54, 1.807) is 6.20 Å². The van der Waals surface area contributed by atoms with Gasteiger partial charge in [0.05, 0.1) is 18.1 Å². The van der Waals surface area contributed by atoms with Crippen LogP contribution in [0.25, 0.3) is 0 Å². The first-order valence-electron chi connectivity index (χ1n) is 4.22. The van der Waals surface area contributed by atoms with Gasteiger partial charge in [-0.3, -0.25) is 0 Å². The summed E-state index contributed by atoms with van der Waals surface area (Å²) in [5, 5.41) is 19.8. The van der Waals surface area contributed by atoms with Crippen LogP contribution in [0.15, 0.2) is 12.4 Å². The van der Waals surface area contributed by atoms with Crippen molar-refractivity contribution in [3.05, 3.63) is 29.6 Å². The Morgan fingerprint density at radius 3 is 2.79 bits per heavy atom. The molecule has 2 aromatic heterocycles. The molecule has 0 amide bonds. The average molecular weight is 193 g/mol. The van der Waals surface area contributed by atoms with Crippen LogP contribution in [0.4, 0.5) is 0 Å². The Labute approximate surface area is 80.6 Å². The van der Waals surface area contributed by atoms with Crippen LogP contribution < -0.4 is 0 Å². The molecule has 0 aliphatic carbocycles. The number of aliphatic hydroxyl groups excluding tert-OH is 1. The Kier molecular flexibility index (Phi) is 2.05. The van der Waals surface area contributed by atoms with E-state index in [1.165, 1.54) is 6.20 Å². The number of imidazole rings is 1. The van der Waals surface area contributed by atoms with Crippen LogP contribution in [0.2, 0.25) is 0 Å². The lowest BCUT2D eigenvalue weighted by molar-refractivity contribution is 0.206. The van der Waals surface area contributed by atoms with Gasteiger partial charge in [0.15, 0.2) is 0 Å². The maximum Gasteiger partial charge on any atom is 0.141 e. The van der Waals surface area contributed by atoms with Gasteiger partial charge in [0.25, 0.3) is 0 Å². The predicted octanol–water partition coefficient (Wildman–Crippen LogP) is -0.0717. The number of nitrogens with zero attached hydrogens (tertiary/aromatic N) is 4. The Balaban J connectivity index is 2.36. The number of aliphatic hydroxyl groups is 1. The third-order valence-corrected chi connectivity index (χ3v) is 2.25. The molecule has 0 aliphatic rings. The van der Waals surface area contributed by atoms with E-state index in [0.29, 0.717) is 11.4 Å². The highest BCUT2D eigenvalue weighted by Gasteiger charge is 2.17. The fraction of sp³-hybridized carbons (Fsp3) is 0.375. The van der Waals surface area contributed by atoms with Gasteiger partial charge in [-0.1, -0.05) is 0 Å². The molecule has 2 N–H and O–H groups in total. The van der Waals surface area contributed by atoms with Crippen LogP contribution in [0, 0.1) is 6.92 Å². The van der Waals surface area contributed by atoms with Crippen molar-refractivity contribution in [1.29, 1.82) is 0 Å². The lowest BCUT2D eigenvalue weighted by atomic mass is 10.2. The molecule has 0 fully saturated rings. The van der Waals surface area contributed by atoms with E-state index in [2.05, 4.69) is 20.4 Å². The van der Waals surface area contributed by atoms with Gasteiger partial charge in [-0.15, -0.1) is 0 Å². The van der Waals surface area contributed by atoms with Crippen molar-refractivity contribution < 1.29 is 5.11 Å². The second kappa shape index (κ2) is 3.22. The Bertz CT molecular complexity index is 419. The van der Waals surface area contributed by atoms with E-state index < -0.39 is 6.10 Å². The molecular weight excluding hydrogens is 182 g/mol. The molecule has 0 saturated heterocycles. The quantitative estimate of drug-likeness (QED) is 0.699. The van der Waals surface area contributed by atoms with Gasteiger partial charge < -0.3 is 9.67 Å². The SMILES string of the molecule is Cc1ncc(C(O)c2cn[nH]n2)n1C. The number of hydrogen-bond acceptors (Lipinski definition) is 4. The van der Waals surface area contributed by atoms with Crippen LogP contribution in [-0.4, -0.2) is 30.1 Å². The molecule has 0 spiro atoms. The molecule has 74 valence electrons. The van der Waals surface area contributed by atoms with Gasteiger partial charge in [0, 0.05) is 7.05 Å². The van der Waals surface area contributed by atoms with E-state index in [1.807, 2.05) is 18.5 Å². The normalized spacial score (nSPS) is 13.1. The van der Waals surface area contributed by atoms with E-state index >= 15 is 0 Å². The zero-order valence-corrected chi connectivity index (χ0v) is 7.97. The second-order valence-corrected chi connectivity index (χ2v) is 3.09. The highest BCUT2D eigenvalue weighted by atomic mass is 16.3. The zero-order chi connectivity index (χ0) is 10.1. The van der Waals surface area contributed by atoms with Crippen molar-refractivity contribution >= 4 is 0 Å². The highest BCUT2D eigenvalue weighted by molar-refractivity contribution is 5.16. The maximum atomic E-state index is 9.89. The highest BCUT2D eigenvalue weighted by Crippen LogP contribution is 2.18. The minimum absolute atomic E-state index is 0.494. The summed E-state index contributed by atoms with van der Waals surface area (Å²) in [6.07, 6.45) is 2.35. The van der Waals surface area contributed by atoms with Crippen molar-refractivity contribution in [3.8, 4) is 0 Å². The summed E-state index contributed by atoms with van der Waals surface area (Å²) in [6, 6.07) is 0. The molecule has 1 unspecified atom stereocenters. The first-order valence-corrected chi connectivity index (χ1v) is 4.22. The van der Waals surface area contributed by atoms with Gasteiger partial charge in [-0.25, -0.2) is 4.98 Å². The van der Waals surface area contributed by atoms with Gasteiger partial charge in [0.2, 0.25) is 0 Å². The number of aryl methyl sites for hydroxylation is 1. The lowest BCUT2D eigenvalue weighted by Gasteiger charge is -2.08. The second-order valence-electron chi connectivity index (χ2n) is 3.09. The molecule has 2 heterocycles. The van der Waals surface area contributed by atoms with Crippen LogP contribution >= 0.6 is 0 Å². The minimum Gasteiger partial charge on any atom is -0.380 e. The third-order valence-electron chi connectivity index (χ3n) is 2.25. The summed E-state index contributed by atoms with van der Waals surface area (Å²) < 4.78 is 1.82. The summed E-state index contributed by atoms with van der Waals surface area (Å²) in [6.45, 7) is 1.87. The molecule has 2 aromatic rings. The molecule has 6 nitrogen and oxygen atoms in total. The van der Waals surface area contributed by atoms with E-state index in [9.17, 15) is 5.11 Å². The van der Waals surface area contributed by atoms with Crippen LogP contribution in [0.1, 0.15) is 23.3 Å². The summed E-state index contributed by atoms with van der Waals surface area (Å²) in [5.41, 5.74) is 1.20. The smallest absolute Gasteiger partial charge is 0.141 e. The molecule has 1 atom stereocenters. The number of rotatable bonds is 2. The number of aromatic nitrogens is 5. The van der Waals surface area contributed by atoms with Crippen molar-refractivity contribution in [2.45, 2.75) is 13.0 Å². The molecule has 0 aliphatic heterocycles. The van der Waals surface area contributed by atoms with Gasteiger partial charge >= 0.3 is 0 Å². The molecule has 0 bridgehead atoms. The van der Waals surface area contributed by atoms with Crippen LogP contribution in [0.5, 0.6) is 0 Å². The first-order chi connectivity index (χ1) is 6.70. The van der Waals surface area contributed by atoms with E-state index in [4.69, 9.17) is 0 Å². The standard InChI is InChI=1S/C8H11N5O/c1-5-9-4-7(13(5)2)8(14)6-3-10-12-11-6/h3-4,8,14H,1-2H3,(H,10,11,12). The summed E-state index contributed by atoms with van der Waals surface area (Å²) in [7, 11) is 1.85. The number of aromatic amines is 1. The number of nitrogens with one attached hydrogen (secondary N) is 1. The van der Waals surface area contributed by atoms with E-state index in [-0.39, 0.29) is 0 Å². The zero-order valence-electron chi connectivity index (χ0n) is 7.97. The Morgan fingerprint density at radius 1 is 1.50 bits per heavy atom. The fourth-order valence-electron chi connectivity index (χ4n) is 1.27. The minimum atomic E-state index is -0.778. The summed E-state index contributed by atoms with van der Waals surface area (Å²) >= 11 is 0. The Morgan fingerprint density at radius 2 is 2.29 bits per heavy atom. The molecular formula is C8H11N5O. The molecule has 0 saturated carbocycles. The van der Waals surface area contributed by atoms with Gasteiger partial charge in [-0.2, -0.15) is 15.4 Å². The summed E-state index contributed by atoms with van der Waals surface area (Å²) in [4.78, 5) is 4.09. The van der Waals surface area contributed by atoms with Crippen LogP contribution in [0.3, 0.4) is 0 Å². The van der Waals surface area contributed by atoms with Crippen molar-refractivity contribution in [2.24, 2.45) is 7.05 Å². The first kappa shape index (κ1) is 8.89. The van der Waals surface area contributed by atoms with Crippen molar-refractivity contribution in [3.63, 3.8) is 0 Å². The lowest BCUT2D eigenvalue weighted by Crippen LogP contribution is -2.06. The molecule has 6 heteroatoms. The van der Waals surface area contributed by atoms with Crippen molar-refractivity contribution in [2.75, 3.05) is 0 Å². The third kappa shape index (κ3) is 1.29. The number of H-pyrrole nitrogens is 1. The van der Waals surface area contributed by atoms with Crippen molar-refractivity contribution in [1.82, 2.24) is 25.0 Å². The fourth-order valence-corrected chi connectivity index (χ4v) is 1.27. The monoisotopic (exact) mass is 193 g/mol. The van der Waals surface area contributed by atoms with Gasteiger partial charge in [0.1, 0.15) is 17.6 Å². The molecule has 14 heavy (non-hydrogen) atoms. The topological polar surface area (TPSA) is 79.6 Å². The molecule has 0 radical (unpaired) electrons.